The largest absolute Gasteiger partial charge is 0.326 e. The molecule has 1 aromatic rings. The van der Waals surface area contributed by atoms with Crippen LogP contribution in [0.3, 0.4) is 0 Å². The van der Waals surface area contributed by atoms with Gasteiger partial charge in [-0.25, -0.2) is 0 Å². The van der Waals surface area contributed by atoms with Gasteiger partial charge in [0, 0.05) is 6.54 Å². The molecule has 1 aromatic carbocycles. The number of rotatable bonds is 8. The first kappa shape index (κ1) is 16.0. The van der Waals surface area contributed by atoms with Crippen LogP contribution in [0, 0.1) is 0 Å². The van der Waals surface area contributed by atoms with Crippen molar-refractivity contribution < 1.29 is 4.79 Å². The SMILES string of the molecule is CCCCCCN1C(=O)C(Cc2ccccc2)NC1CC. The number of unbranched alkanes of at least 4 members (excludes halogenated alkanes) is 3. The van der Waals surface area contributed by atoms with Crippen molar-refractivity contribution in [1.82, 2.24) is 10.2 Å². The van der Waals surface area contributed by atoms with Gasteiger partial charge in [-0.15, -0.1) is 0 Å². The number of hydrogen-bond acceptors (Lipinski definition) is 2. The van der Waals surface area contributed by atoms with Crippen LogP contribution in [0.2, 0.25) is 0 Å². The molecule has 1 fully saturated rings. The Morgan fingerprint density at radius 2 is 1.86 bits per heavy atom. The van der Waals surface area contributed by atoms with Gasteiger partial charge >= 0.3 is 0 Å². The van der Waals surface area contributed by atoms with Gasteiger partial charge in [-0.05, 0) is 24.8 Å². The third kappa shape index (κ3) is 4.31. The minimum Gasteiger partial charge on any atom is -0.326 e. The van der Waals surface area contributed by atoms with Crippen molar-refractivity contribution in [2.45, 2.75) is 64.6 Å². The Hall–Kier alpha value is -1.35. The average Bonchev–Trinajstić information content (AvgIpc) is 2.81. The third-order valence-electron chi connectivity index (χ3n) is 4.27. The second-order valence-electron chi connectivity index (χ2n) is 5.93. The first-order chi connectivity index (χ1) is 10.3. The second-order valence-corrected chi connectivity index (χ2v) is 5.93. The molecule has 0 saturated carbocycles. The molecule has 0 radical (unpaired) electrons. The summed E-state index contributed by atoms with van der Waals surface area (Å²) < 4.78 is 0. The zero-order chi connectivity index (χ0) is 15.1. The fourth-order valence-electron chi connectivity index (χ4n) is 3.06. The van der Waals surface area contributed by atoms with Crippen molar-refractivity contribution in [1.29, 1.82) is 0 Å². The number of nitrogens with zero attached hydrogens (tertiary/aromatic N) is 1. The Labute approximate surface area is 128 Å². The van der Waals surface area contributed by atoms with Crippen LogP contribution in [0.15, 0.2) is 30.3 Å². The van der Waals surface area contributed by atoms with Crippen molar-refractivity contribution in [3.63, 3.8) is 0 Å². The van der Waals surface area contributed by atoms with Crippen LogP contribution in [0.5, 0.6) is 0 Å². The number of carbonyl (C=O) groups is 1. The Morgan fingerprint density at radius 1 is 1.10 bits per heavy atom. The Kier molecular flexibility index (Phi) is 6.24. The van der Waals surface area contributed by atoms with E-state index in [0.717, 1.165) is 25.8 Å². The monoisotopic (exact) mass is 288 g/mol. The second kappa shape index (κ2) is 8.18. The standard InChI is InChI=1S/C18H28N2O/c1-3-5-6-10-13-20-17(4-2)19-16(18(20)21)14-15-11-8-7-9-12-15/h7-9,11-12,16-17,19H,3-6,10,13-14H2,1-2H3. The predicted octanol–water partition coefficient (Wildman–Crippen LogP) is 3.35. The number of carbonyl (C=O) groups excluding carboxylic acids is 1. The first-order valence-electron chi connectivity index (χ1n) is 8.36. The lowest BCUT2D eigenvalue weighted by Gasteiger charge is -2.22. The van der Waals surface area contributed by atoms with Crippen LogP contribution < -0.4 is 5.32 Å². The molecule has 0 aromatic heterocycles. The summed E-state index contributed by atoms with van der Waals surface area (Å²) in [6.07, 6.45) is 6.83. The molecule has 3 heteroatoms. The molecule has 1 amide bonds. The van der Waals surface area contributed by atoms with E-state index in [9.17, 15) is 4.79 Å². The molecule has 116 valence electrons. The fraction of sp³-hybridized carbons (Fsp3) is 0.611. The van der Waals surface area contributed by atoms with Gasteiger partial charge in [0.25, 0.3) is 0 Å². The fourth-order valence-corrected chi connectivity index (χ4v) is 3.06. The predicted molar refractivity (Wildman–Crippen MR) is 87.0 cm³/mol. The molecule has 1 aliphatic rings. The van der Waals surface area contributed by atoms with Crippen molar-refractivity contribution >= 4 is 5.91 Å². The minimum absolute atomic E-state index is 0.0523. The lowest BCUT2D eigenvalue weighted by atomic mass is 10.1. The van der Waals surface area contributed by atoms with Crippen LogP contribution in [-0.4, -0.2) is 29.6 Å². The summed E-state index contributed by atoms with van der Waals surface area (Å²) in [6.45, 7) is 5.26. The molecule has 1 saturated heterocycles. The molecule has 2 unspecified atom stereocenters. The zero-order valence-electron chi connectivity index (χ0n) is 13.3. The maximum absolute atomic E-state index is 12.6. The Balaban J connectivity index is 1.91. The van der Waals surface area contributed by atoms with E-state index >= 15 is 0 Å². The van der Waals surface area contributed by atoms with E-state index in [-0.39, 0.29) is 18.1 Å². The summed E-state index contributed by atoms with van der Waals surface area (Å²) in [5.41, 5.74) is 1.23. The van der Waals surface area contributed by atoms with Crippen molar-refractivity contribution in [2.24, 2.45) is 0 Å². The Bertz CT molecular complexity index is 432. The highest BCUT2D eigenvalue weighted by molar-refractivity contribution is 5.84. The molecule has 1 N–H and O–H groups in total. The molecule has 21 heavy (non-hydrogen) atoms. The summed E-state index contributed by atoms with van der Waals surface area (Å²) >= 11 is 0. The van der Waals surface area contributed by atoms with Crippen LogP contribution in [0.25, 0.3) is 0 Å². The van der Waals surface area contributed by atoms with Crippen molar-refractivity contribution in [3.05, 3.63) is 35.9 Å². The van der Waals surface area contributed by atoms with Gasteiger partial charge in [0.05, 0.1) is 12.2 Å². The lowest BCUT2D eigenvalue weighted by molar-refractivity contribution is -0.130. The van der Waals surface area contributed by atoms with E-state index in [1.807, 2.05) is 18.2 Å². The molecule has 0 spiro atoms. The number of benzene rings is 1. The van der Waals surface area contributed by atoms with Gasteiger partial charge in [-0.1, -0.05) is 63.4 Å². The van der Waals surface area contributed by atoms with E-state index in [4.69, 9.17) is 0 Å². The summed E-state index contributed by atoms with van der Waals surface area (Å²) in [5.74, 6) is 0.280. The highest BCUT2D eigenvalue weighted by Gasteiger charge is 2.37. The highest BCUT2D eigenvalue weighted by Crippen LogP contribution is 2.18. The molecule has 0 aliphatic carbocycles. The molecule has 1 heterocycles. The molecule has 1 aliphatic heterocycles. The summed E-state index contributed by atoms with van der Waals surface area (Å²) in [4.78, 5) is 14.7. The van der Waals surface area contributed by atoms with Crippen LogP contribution in [0.4, 0.5) is 0 Å². The summed E-state index contributed by atoms with van der Waals surface area (Å²) in [6, 6.07) is 10.2. The summed E-state index contributed by atoms with van der Waals surface area (Å²) in [7, 11) is 0. The maximum atomic E-state index is 12.6. The van der Waals surface area contributed by atoms with Gasteiger partial charge in [0.15, 0.2) is 0 Å². The quantitative estimate of drug-likeness (QED) is 0.744. The third-order valence-corrected chi connectivity index (χ3v) is 4.27. The number of amides is 1. The van der Waals surface area contributed by atoms with Gasteiger partial charge in [0.1, 0.15) is 0 Å². The van der Waals surface area contributed by atoms with Gasteiger partial charge in [-0.2, -0.15) is 0 Å². The molecule has 3 nitrogen and oxygen atoms in total. The van der Waals surface area contributed by atoms with Gasteiger partial charge in [-0.3, -0.25) is 10.1 Å². The van der Waals surface area contributed by atoms with E-state index in [1.54, 1.807) is 0 Å². The topological polar surface area (TPSA) is 32.3 Å². The van der Waals surface area contributed by atoms with Crippen LogP contribution in [0.1, 0.15) is 51.5 Å². The molecular formula is C18H28N2O. The maximum Gasteiger partial charge on any atom is 0.241 e. The van der Waals surface area contributed by atoms with E-state index in [2.05, 4.69) is 36.2 Å². The summed E-state index contributed by atoms with van der Waals surface area (Å²) in [5, 5.41) is 3.51. The first-order valence-corrected chi connectivity index (χ1v) is 8.36. The van der Waals surface area contributed by atoms with E-state index < -0.39 is 0 Å². The molecule has 0 bridgehead atoms. The van der Waals surface area contributed by atoms with Crippen molar-refractivity contribution in [3.8, 4) is 0 Å². The number of hydrogen-bond donors (Lipinski definition) is 1. The highest BCUT2D eigenvalue weighted by atomic mass is 16.2. The zero-order valence-corrected chi connectivity index (χ0v) is 13.3. The molecule has 2 rings (SSSR count). The minimum atomic E-state index is -0.0523. The van der Waals surface area contributed by atoms with E-state index in [0.29, 0.717) is 0 Å². The van der Waals surface area contributed by atoms with Crippen LogP contribution in [-0.2, 0) is 11.2 Å². The van der Waals surface area contributed by atoms with E-state index in [1.165, 1.54) is 24.8 Å². The molecular weight excluding hydrogens is 260 g/mol. The Morgan fingerprint density at radius 3 is 2.52 bits per heavy atom. The smallest absolute Gasteiger partial charge is 0.241 e. The lowest BCUT2D eigenvalue weighted by Crippen LogP contribution is -2.37. The average molecular weight is 288 g/mol. The number of nitrogens with one attached hydrogen (secondary N) is 1. The van der Waals surface area contributed by atoms with Gasteiger partial charge < -0.3 is 4.90 Å². The van der Waals surface area contributed by atoms with Crippen molar-refractivity contribution in [2.75, 3.05) is 6.54 Å². The van der Waals surface area contributed by atoms with Gasteiger partial charge in [0.2, 0.25) is 5.91 Å². The van der Waals surface area contributed by atoms with Crippen LogP contribution >= 0.6 is 0 Å². The molecule has 2 atom stereocenters. The normalized spacial score (nSPS) is 22.0.